The smallest absolute Gasteiger partial charge is 0.261 e. The van der Waals surface area contributed by atoms with Crippen LogP contribution in [0.25, 0.3) is 28.1 Å². The topological polar surface area (TPSA) is 138 Å². The Hall–Kier alpha value is -4.22. The number of anilines is 1. The Morgan fingerprint density at radius 2 is 1.89 bits per heavy atom. The first-order valence-electron chi connectivity index (χ1n) is 12.2. The van der Waals surface area contributed by atoms with Crippen molar-refractivity contribution in [1.29, 1.82) is 0 Å². The molecule has 0 amide bonds. The van der Waals surface area contributed by atoms with Crippen LogP contribution >= 0.6 is 0 Å². The maximum atomic E-state index is 13.0. The Balaban J connectivity index is 1.50. The minimum Gasteiger partial charge on any atom is -0.382 e. The number of imidazole rings is 2. The average Bonchev–Trinajstić information content (AvgIpc) is 3.57. The van der Waals surface area contributed by atoms with Gasteiger partial charge in [0.15, 0.2) is 0 Å². The lowest BCUT2D eigenvalue weighted by atomic mass is 10.1. The molecule has 0 saturated heterocycles. The number of hydrogen-bond acceptors (Lipinski definition) is 6. The normalized spacial score (nSPS) is 12.7. The largest absolute Gasteiger partial charge is 0.382 e. The summed E-state index contributed by atoms with van der Waals surface area (Å²) in [5.41, 5.74) is 4.77. The van der Waals surface area contributed by atoms with Crippen LogP contribution < -0.4 is 15.6 Å². The molecule has 0 spiro atoms. The molecule has 0 bridgehead atoms. The second-order valence-electron chi connectivity index (χ2n) is 9.37. The minimum absolute atomic E-state index is 0.219. The lowest BCUT2D eigenvalue weighted by Crippen LogP contribution is -2.37. The van der Waals surface area contributed by atoms with Crippen LogP contribution in [-0.2, 0) is 10.0 Å². The van der Waals surface area contributed by atoms with Crippen LogP contribution in [0.2, 0.25) is 0 Å². The van der Waals surface area contributed by atoms with Gasteiger partial charge in [-0.15, -0.1) is 0 Å². The van der Waals surface area contributed by atoms with E-state index >= 15 is 0 Å². The lowest BCUT2D eigenvalue weighted by molar-refractivity contribution is 0.553. The van der Waals surface area contributed by atoms with E-state index in [4.69, 9.17) is 4.98 Å². The molecule has 4 N–H and O–H groups in total. The fourth-order valence-corrected chi connectivity index (χ4v) is 5.16. The van der Waals surface area contributed by atoms with Crippen molar-refractivity contribution in [2.75, 3.05) is 11.9 Å². The fraction of sp³-hybridized carbons (Fsp3) is 0.222. The van der Waals surface area contributed by atoms with Gasteiger partial charge < -0.3 is 19.9 Å². The van der Waals surface area contributed by atoms with E-state index in [0.29, 0.717) is 17.1 Å². The highest BCUT2D eigenvalue weighted by atomic mass is 32.2. The van der Waals surface area contributed by atoms with Crippen LogP contribution in [0.4, 0.5) is 5.69 Å². The van der Waals surface area contributed by atoms with Crippen LogP contribution in [0.1, 0.15) is 31.0 Å². The third kappa shape index (κ3) is 5.11. The number of benzene rings is 2. The summed E-state index contributed by atoms with van der Waals surface area (Å²) in [6.07, 6.45) is 6.84. The molecule has 3 aromatic heterocycles. The van der Waals surface area contributed by atoms with E-state index in [2.05, 4.69) is 25.0 Å². The van der Waals surface area contributed by atoms with Crippen LogP contribution in [0.15, 0.2) is 78.2 Å². The number of H-pyrrole nitrogens is 2. The molecule has 0 aliphatic carbocycles. The van der Waals surface area contributed by atoms with E-state index in [0.717, 1.165) is 27.8 Å². The molecule has 0 aliphatic rings. The summed E-state index contributed by atoms with van der Waals surface area (Å²) in [7, 11) is -3.55. The number of aromatic amines is 2. The van der Waals surface area contributed by atoms with E-state index in [9.17, 15) is 13.2 Å². The molecule has 2 aromatic carbocycles. The third-order valence-corrected chi connectivity index (χ3v) is 8.24. The molecule has 5 rings (SSSR count). The van der Waals surface area contributed by atoms with Gasteiger partial charge in [-0.25, -0.2) is 23.1 Å². The van der Waals surface area contributed by atoms with Crippen LogP contribution in [0, 0.1) is 6.92 Å². The van der Waals surface area contributed by atoms with Crippen molar-refractivity contribution in [2.45, 2.75) is 32.1 Å². The average molecular weight is 532 g/mol. The zero-order chi connectivity index (χ0) is 26.9. The SMILES string of the molecule is Cc1cc(-n2ccnc2)cc2[nH]c(-c3c(NC[C@@H](NS(=O)(=O)C(C)C)c4ccccc4)cc[nH]c3=O)nc12. The van der Waals surface area contributed by atoms with Crippen molar-refractivity contribution >= 4 is 26.7 Å². The highest BCUT2D eigenvalue weighted by Crippen LogP contribution is 2.28. The Morgan fingerprint density at radius 1 is 1.11 bits per heavy atom. The standard InChI is InChI=1S/C27H29N7O3S/c1-17(2)38(36,37)33-23(19-7-5-4-6-8-19)15-30-21-9-10-29-27(35)24(21)26-31-22-14-20(34-12-11-28-16-34)13-18(3)25(22)32-26/h4-14,16-17,23,33H,15H2,1-3H3,(H,31,32)(H2,29,30,35)/t23-/m1/s1. The van der Waals surface area contributed by atoms with Crippen molar-refractivity contribution in [3.8, 4) is 17.1 Å². The van der Waals surface area contributed by atoms with Gasteiger partial charge in [0.1, 0.15) is 11.4 Å². The Bertz CT molecular complexity index is 1720. The number of nitrogens with one attached hydrogen (secondary N) is 4. The summed E-state index contributed by atoms with van der Waals surface area (Å²) in [6, 6.07) is 14.5. The molecule has 0 unspecified atom stereocenters. The minimum atomic E-state index is -3.55. The van der Waals surface area contributed by atoms with Crippen LogP contribution in [0.5, 0.6) is 0 Å². The number of rotatable bonds is 9. The van der Waals surface area contributed by atoms with Crippen LogP contribution in [0.3, 0.4) is 0 Å². The van der Waals surface area contributed by atoms with E-state index < -0.39 is 21.3 Å². The molecular formula is C27H29N7O3S. The third-order valence-electron chi connectivity index (χ3n) is 6.39. The highest BCUT2D eigenvalue weighted by molar-refractivity contribution is 7.90. The number of pyridine rings is 1. The van der Waals surface area contributed by atoms with Gasteiger partial charge in [0, 0.05) is 30.8 Å². The van der Waals surface area contributed by atoms with E-state index in [-0.39, 0.29) is 12.1 Å². The van der Waals surface area contributed by atoms with Crippen molar-refractivity contribution in [3.05, 3.63) is 94.9 Å². The Labute approximate surface area is 220 Å². The molecule has 11 heteroatoms. The van der Waals surface area contributed by atoms with Gasteiger partial charge in [0.05, 0.1) is 34.3 Å². The molecule has 0 fully saturated rings. The lowest BCUT2D eigenvalue weighted by Gasteiger charge is -2.22. The van der Waals surface area contributed by atoms with E-state index in [1.54, 1.807) is 38.6 Å². The predicted molar refractivity (Wildman–Crippen MR) is 149 cm³/mol. The molecule has 5 aromatic rings. The molecule has 0 radical (unpaired) electrons. The maximum absolute atomic E-state index is 13.0. The van der Waals surface area contributed by atoms with Gasteiger partial charge in [-0.05, 0) is 50.1 Å². The monoisotopic (exact) mass is 531 g/mol. The molecule has 10 nitrogen and oxygen atoms in total. The molecule has 196 valence electrons. The quantitative estimate of drug-likeness (QED) is 0.228. The highest BCUT2D eigenvalue weighted by Gasteiger charge is 2.23. The van der Waals surface area contributed by atoms with Gasteiger partial charge in [-0.3, -0.25) is 4.79 Å². The number of aromatic nitrogens is 5. The first-order valence-corrected chi connectivity index (χ1v) is 13.8. The van der Waals surface area contributed by atoms with E-state index in [1.807, 2.05) is 60.2 Å². The van der Waals surface area contributed by atoms with Crippen molar-refractivity contribution in [2.24, 2.45) is 0 Å². The first kappa shape index (κ1) is 25.4. The number of hydrogen-bond donors (Lipinski definition) is 4. The van der Waals surface area contributed by atoms with Crippen molar-refractivity contribution in [1.82, 2.24) is 29.2 Å². The van der Waals surface area contributed by atoms with Gasteiger partial charge in [0.25, 0.3) is 5.56 Å². The fourth-order valence-electron chi connectivity index (χ4n) is 4.27. The summed E-state index contributed by atoms with van der Waals surface area (Å²) < 4.78 is 30.1. The summed E-state index contributed by atoms with van der Waals surface area (Å²) in [5, 5.41) is 2.70. The Kier molecular flexibility index (Phi) is 6.87. The second-order valence-corrected chi connectivity index (χ2v) is 11.6. The predicted octanol–water partition coefficient (Wildman–Crippen LogP) is 3.89. The molecule has 38 heavy (non-hydrogen) atoms. The first-order chi connectivity index (χ1) is 18.2. The number of fused-ring (bicyclic) bond motifs is 1. The van der Waals surface area contributed by atoms with Gasteiger partial charge in [0.2, 0.25) is 10.0 Å². The van der Waals surface area contributed by atoms with Crippen molar-refractivity contribution < 1.29 is 8.42 Å². The summed E-state index contributed by atoms with van der Waals surface area (Å²) in [5.74, 6) is 0.411. The van der Waals surface area contributed by atoms with Crippen molar-refractivity contribution in [3.63, 3.8) is 0 Å². The molecule has 3 heterocycles. The van der Waals surface area contributed by atoms with Gasteiger partial charge in [-0.2, -0.15) is 0 Å². The number of sulfonamides is 1. The zero-order valence-electron chi connectivity index (χ0n) is 21.3. The van der Waals surface area contributed by atoms with Gasteiger partial charge >= 0.3 is 0 Å². The zero-order valence-corrected chi connectivity index (χ0v) is 22.1. The van der Waals surface area contributed by atoms with Crippen LogP contribution in [-0.4, -0.2) is 44.7 Å². The molecular weight excluding hydrogens is 502 g/mol. The van der Waals surface area contributed by atoms with Gasteiger partial charge in [-0.1, -0.05) is 30.3 Å². The molecule has 0 aliphatic heterocycles. The maximum Gasteiger partial charge on any atom is 0.261 e. The summed E-state index contributed by atoms with van der Waals surface area (Å²) >= 11 is 0. The Morgan fingerprint density at radius 3 is 2.61 bits per heavy atom. The summed E-state index contributed by atoms with van der Waals surface area (Å²) in [4.78, 5) is 27.9. The molecule has 1 atom stereocenters. The number of aryl methyl sites for hydroxylation is 1. The number of nitrogens with zero attached hydrogens (tertiary/aromatic N) is 3. The van der Waals surface area contributed by atoms with E-state index in [1.165, 1.54) is 0 Å². The molecule has 0 saturated carbocycles. The second kappa shape index (κ2) is 10.3. The summed E-state index contributed by atoms with van der Waals surface area (Å²) in [6.45, 7) is 5.45.